The first-order chi connectivity index (χ1) is 58.5. The molecule has 0 saturated carbocycles. The van der Waals surface area contributed by atoms with Crippen LogP contribution in [0, 0.1) is 0 Å². The molecule has 6 heteroatoms. The minimum absolute atomic E-state index is 0.857. The maximum absolute atomic E-state index is 6.78. The maximum atomic E-state index is 6.78. The second-order valence-electron chi connectivity index (χ2n) is 30.3. The molecule has 0 amide bonds. The van der Waals surface area contributed by atoms with E-state index in [4.69, 9.17) is 8.83 Å². The molecule has 0 aliphatic heterocycles. The van der Waals surface area contributed by atoms with Gasteiger partial charge in [-0.3, -0.25) is 0 Å². The van der Waals surface area contributed by atoms with Crippen LogP contribution in [-0.2, 0) is 0 Å². The molecule has 22 aromatic rings. The average Bonchev–Trinajstić information content (AvgIpc) is 1.57. The lowest BCUT2D eigenvalue weighted by atomic mass is 9.94. The lowest BCUT2D eigenvalue weighted by Crippen LogP contribution is -2.10. The molecule has 554 valence electrons. The number of hydrogen-bond acceptors (Lipinski definition) is 6. The standard InChI is InChI=1S/C112H74N4O2/c1-7-23-75(24-8-1)78-41-51-90(52-42-78)113(87-31-13-4-14-32-87)95-57-61-101-83(71-95)47-65-105-109(101)110-102-62-58-96(72-84(102)48-66-106(110)117-105)114(91-53-43-79(44-54-91)76-25-9-2-10-26-76)92-55-45-80(46-56-92)99-39-19-20-40-100(99)82-30-22-38-94(70-82)116(89-35-17-6-18-36-89)98-60-64-104-86(74-98)50-68-108-112(104)111-103-63-59-97(73-85(103)49-67-107(111)118-108)115(88-33-15-5-16-34-88)93-37-21-29-81(69-93)77-27-11-3-12-28-77/h1-74H. The summed E-state index contributed by atoms with van der Waals surface area (Å²) < 4.78 is 13.5. The van der Waals surface area contributed by atoms with E-state index in [0.717, 1.165) is 183 Å². The van der Waals surface area contributed by atoms with E-state index in [0.29, 0.717) is 0 Å². The molecule has 0 aliphatic carbocycles. The highest BCUT2D eigenvalue weighted by Gasteiger charge is 2.24. The van der Waals surface area contributed by atoms with Crippen molar-refractivity contribution in [1.82, 2.24) is 0 Å². The van der Waals surface area contributed by atoms with Gasteiger partial charge < -0.3 is 28.4 Å². The van der Waals surface area contributed by atoms with E-state index in [1.54, 1.807) is 0 Å². The summed E-state index contributed by atoms with van der Waals surface area (Å²) in [7, 11) is 0. The van der Waals surface area contributed by atoms with Gasteiger partial charge in [-0.05, 0) is 269 Å². The van der Waals surface area contributed by atoms with Crippen LogP contribution in [-0.4, -0.2) is 0 Å². The Morgan fingerprint density at radius 1 is 0.136 bits per heavy atom. The lowest BCUT2D eigenvalue weighted by Gasteiger charge is -2.27. The van der Waals surface area contributed by atoms with Gasteiger partial charge >= 0.3 is 0 Å². The van der Waals surface area contributed by atoms with Gasteiger partial charge in [-0.15, -0.1) is 0 Å². The molecule has 6 nitrogen and oxygen atoms in total. The van der Waals surface area contributed by atoms with E-state index in [9.17, 15) is 0 Å². The third-order valence-electron chi connectivity index (χ3n) is 23.3. The summed E-state index contributed by atoms with van der Waals surface area (Å²) in [6.07, 6.45) is 0. The summed E-state index contributed by atoms with van der Waals surface area (Å²) in [6.45, 7) is 0. The smallest absolute Gasteiger partial charge is 0.136 e. The monoisotopic (exact) mass is 1510 g/mol. The number of rotatable bonds is 17. The zero-order valence-corrected chi connectivity index (χ0v) is 64.3. The fourth-order valence-corrected chi connectivity index (χ4v) is 17.8. The van der Waals surface area contributed by atoms with Crippen molar-refractivity contribution in [2.75, 3.05) is 19.6 Å². The molecular weight excluding hydrogens is 1430 g/mol. The Morgan fingerprint density at radius 3 is 0.695 bits per heavy atom. The molecule has 0 saturated heterocycles. The number of nitrogens with zero attached hydrogens (tertiary/aromatic N) is 4. The van der Waals surface area contributed by atoms with Crippen molar-refractivity contribution in [3.8, 4) is 55.6 Å². The topological polar surface area (TPSA) is 39.2 Å². The van der Waals surface area contributed by atoms with E-state index < -0.39 is 0 Å². The molecule has 0 unspecified atom stereocenters. The predicted molar refractivity (Wildman–Crippen MR) is 497 cm³/mol. The van der Waals surface area contributed by atoms with Crippen molar-refractivity contribution in [1.29, 1.82) is 0 Å². The van der Waals surface area contributed by atoms with Crippen LogP contribution in [0.3, 0.4) is 0 Å². The SMILES string of the molecule is c1ccc(-c2ccc(N(c3ccccc3)c3ccc4c(ccc5oc6ccc7cc(N(c8ccc(-c9ccccc9)cc8)c8ccc(-c9ccccc9-c9cccc(N(c%10ccccc%10)c%10ccc%11c(ccc%12oc%13ccc%14cc(N(c%15ccccc%15)c%15cccc(-c%16ccccc%16)c%15)ccc%14c%13c%12%11)c%10)c9)cc8)ccc7c6c54)c3)cc2)cc1. The highest BCUT2D eigenvalue weighted by atomic mass is 16.3. The Morgan fingerprint density at radius 2 is 0.356 bits per heavy atom. The Labute approximate surface area is 683 Å². The van der Waals surface area contributed by atoms with Crippen molar-refractivity contribution in [3.63, 3.8) is 0 Å². The Balaban J connectivity index is 0.594. The Kier molecular flexibility index (Phi) is 17.1. The minimum atomic E-state index is 0.857. The number of anilines is 12. The predicted octanol–water partition coefficient (Wildman–Crippen LogP) is 32.3. The van der Waals surface area contributed by atoms with Crippen molar-refractivity contribution < 1.29 is 8.83 Å². The van der Waals surface area contributed by atoms with Crippen molar-refractivity contribution in [2.24, 2.45) is 0 Å². The van der Waals surface area contributed by atoms with Gasteiger partial charge in [0.05, 0.1) is 0 Å². The molecule has 0 radical (unpaired) electrons. The van der Waals surface area contributed by atoms with Gasteiger partial charge in [0.25, 0.3) is 0 Å². The summed E-state index contributed by atoms with van der Waals surface area (Å²) in [5, 5.41) is 13.5. The van der Waals surface area contributed by atoms with E-state index in [2.05, 4.69) is 469 Å². The summed E-state index contributed by atoms with van der Waals surface area (Å²) >= 11 is 0. The quantitative estimate of drug-likeness (QED) is 0.0905. The summed E-state index contributed by atoms with van der Waals surface area (Å²) in [5.74, 6) is 0. The van der Waals surface area contributed by atoms with Crippen LogP contribution < -0.4 is 19.6 Å². The first kappa shape index (κ1) is 69.0. The van der Waals surface area contributed by atoms with Gasteiger partial charge in [0.2, 0.25) is 0 Å². The lowest BCUT2D eigenvalue weighted by molar-refractivity contribution is 0.669. The van der Waals surface area contributed by atoms with Crippen LogP contribution in [0.15, 0.2) is 458 Å². The average molecular weight is 1510 g/mol. The van der Waals surface area contributed by atoms with Gasteiger partial charge in [-0.1, -0.05) is 279 Å². The number of fused-ring (bicyclic) bond motifs is 14. The van der Waals surface area contributed by atoms with Crippen LogP contribution >= 0.6 is 0 Å². The van der Waals surface area contributed by atoms with E-state index in [1.807, 2.05) is 0 Å². The fourth-order valence-electron chi connectivity index (χ4n) is 17.8. The zero-order valence-electron chi connectivity index (χ0n) is 64.3. The molecule has 118 heavy (non-hydrogen) atoms. The molecular formula is C112H74N4O2. The second-order valence-corrected chi connectivity index (χ2v) is 30.3. The molecule has 0 atom stereocenters. The third-order valence-corrected chi connectivity index (χ3v) is 23.3. The molecule has 22 rings (SSSR count). The highest BCUT2D eigenvalue weighted by Crippen LogP contribution is 2.49. The molecule has 0 spiro atoms. The first-order valence-corrected chi connectivity index (χ1v) is 40.2. The number of furan rings is 2. The third kappa shape index (κ3) is 12.5. The van der Waals surface area contributed by atoms with Crippen LogP contribution in [0.1, 0.15) is 0 Å². The Hall–Kier alpha value is -15.8. The molecule has 0 fully saturated rings. The summed E-state index contributed by atoms with van der Waals surface area (Å²) in [5.41, 5.74) is 27.7. The van der Waals surface area contributed by atoms with Gasteiger partial charge in [0, 0.05) is 89.8 Å². The zero-order chi connectivity index (χ0) is 78.0. The van der Waals surface area contributed by atoms with Crippen LogP contribution in [0.25, 0.3) is 143 Å². The van der Waals surface area contributed by atoms with Gasteiger partial charge in [0.15, 0.2) is 0 Å². The van der Waals surface area contributed by atoms with Crippen LogP contribution in [0.2, 0.25) is 0 Å². The van der Waals surface area contributed by atoms with Crippen molar-refractivity contribution >= 4 is 155 Å². The normalized spacial score (nSPS) is 11.6. The molecule has 0 N–H and O–H groups in total. The van der Waals surface area contributed by atoms with Gasteiger partial charge in [0.1, 0.15) is 22.3 Å². The highest BCUT2D eigenvalue weighted by molar-refractivity contribution is 6.28. The number of benzene rings is 20. The van der Waals surface area contributed by atoms with Gasteiger partial charge in [-0.2, -0.15) is 0 Å². The summed E-state index contributed by atoms with van der Waals surface area (Å²) in [4.78, 5) is 9.45. The fraction of sp³-hybridized carbons (Fsp3) is 0. The Bertz CT molecular complexity index is 7520. The van der Waals surface area contributed by atoms with Crippen molar-refractivity contribution in [3.05, 3.63) is 449 Å². The first-order valence-electron chi connectivity index (χ1n) is 40.2. The molecule has 2 heterocycles. The van der Waals surface area contributed by atoms with E-state index in [1.165, 1.54) is 27.8 Å². The minimum Gasteiger partial charge on any atom is -0.456 e. The van der Waals surface area contributed by atoms with Crippen molar-refractivity contribution in [2.45, 2.75) is 0 Å². The van der Waals surface area contributed by atoms with Crippen LogP contribution in [0.4, 0.5) is 68.2 Å². The van der Waals surface area contributed by atoms with E-state index >= 15 is 0 Å². The molecule has 20 aromatic carbocycles. The second kappa shape index (κ2) is 29.3. The molecule has 2 aromatic heterocycles. The summed E-state index contributed by atoms with van der Waals surface area (Å²) in [6, 6.07) is 162. The molecule has 0 aliphatic rings. The number of hydrogen-bond donors (Lipinski definition) is 0. The maximum Gasteiger partial charge on any atom is 0.136 e. The number of para-hydroxylation sites is 3. The largest absolute Gasteiger partial charge is 0.456 e. The van der Waals surface area contributed by atoms with Crippen LogP contribution in [0.5, 0.6) is 0 Å². The van der Waals surface area contributed by atoms with Gasteiger partial charge in [-0.25, -0.2) is 0 Å². The molecule has 0 bridgehead atoms. The van der Waals surface area contributed by atoms with E-state index in [-0.39, 0.29) is 0 Å².